The van der Waals surface area contributed by atoms with Crippen LogP contribution in [0.4, 0.5) is 10.3 Å². The maximum atomic E-state index is 13.4. The van der Waals surface area contributed by atoms with Crippen molar-refractivity contribution in [3.05, 3.63) is 54.8 Å². The van der Waals surface area contributed by atoms with E-state index in [0.717, 1.165) is 40.7 Å². The van der Waals surface area contributed by atoms with Gasteiger partial charge in [0.25, 0.3) is 0 Å². The SMILES string of the molecule is C=C1CC(Nc2nccc(-c3c[nH]c4cc(F)ccc34)n2)CC(C)(C)N1. The second-order valence-corrected chi connectivity index (χ2v) is 7.52. The largest absolute Gasteiger partial charge is 0.384 e. The summed E-state index contributed by atoms with van der Waals surface area (Å²) in [6.45, 7) is 8.40. The number of aromatic amines is 1. The van der Waals surface area contributed by atoms with Crippen molar-refractivity contribution in [3.8, 4) is 11.3 Å². The Hall–Kier alpha value is -2.89. The normalized spacial score (nSPS) is 19.3. The summed E-state index contributed by atoms with van der Waals surface area (Å²) in [6, 6.07) is 6.81. The van der Waals surface area contributed by atoms with Gasteiger partial charge in [-0.1, -0.05) is 6.58 Å². The number of aromatic nitrogens is 3. The minimum Gasteiger partial charge on any atom is -0.384 e. The van der Waals surface area contributed by atoms with Crippen molar-refractivity contribution in [2.75, 3.05) is 5.32 Å². The van der Waals surface area contributed by atoms with Crippen molar-refractivity contribution in [1.29, 1.82) is 0 Å². The molecule has 0 bridgehead atoms. The van der Waals surface area contributed by atoms with Gasteiger partial charge in [-0.15, -0.1) is 0 Å². The number of anilines is 1. The zero-order valence-electron chi connectivity index (χ0n) is 14.9. The van der Waals surface area contributed by atoms with E-state index < -0.39 is 0 Å². The first kappa shape index (κ1) is 16.6. The van der Waals surface area contributed by atoms with E-state index >= 15 is 0 Å². The van der Waals surface area contributed by atoms with Crippen LogP contribution in [0.3, 0.4) is 0 Å². The Balaban J connectivity index is 1.61. The van der Waals surface area contributed by atoms with Gasteiger partial charge in [0.2, 0.25) is 5.95 Å². The van der Waals surface area contributed by atoms with E-state index in [1.54, 1.807) is 12.3 Å². The van der Waals surface area contributed by atoms with Crippen molar-refractivity contribution in [2.45, 2.75) is 38.3 Å². The summed E-state index contributed by atoms with van der Waals surface area (Å²) in [5.74, 6) is 0.333. The molecule has 6 heteroatoms. The minimum absolute atomic E-state index is 0.00841. The maximum absolute atomic E-state index is 13.4. The van der Waals surface area contributed by atoms with Gasteiger partial charge >= 0.3 is 0 Å². The van der Waals surface area contributed by atoms with E-state index in [9.17, 15) is 4.39 Å². The number of nitrogens with one attached hydrogen (secondary N) is 3. The van der Waals surface area contributed by atoms with Gasteiger partial charge in [0.15, 0.2) is 0 Å². The molecule has 26 heavy (non-hydrogen) atoms. The molecule has 1 unspecified atom stereocenters. The Labute approximate surface area is 151 Å². The van der Waals surface area contributed by atoms with Gasteiger partial charge in [-0.25, -0.2) is 14.4 Å². The smallest absolute Gasteiger partial charge is 0.223 e. The second-order valence-electron chi connectivity index (χ2n) is 7.52. The van der Waals surface area contributed by atoms with Crippen LogP contribution in [0.1, 0.15) is 26.7 Å². The molecule has 0 spiro atoms. The lowest BCUT2D eigenvalue weighted by Crippen LogP contribution is -2.48. The Bertz CT molecular complexity index is 975. The molecule has 3 N–H and O–H groups in total. The van der Waals surface area contributed by atoms with Crippen LogP contribution in [0, 0.1) is 5.82 Å². The number of halogens is 1. The number of rotatable bonds is 3. The first-order chi connectivity index (χ1) is 12.4. The van der Waals surface area contributed by atoms with Crippen LogP contribution in [-0.4, -0.2) is 26.5 Å². The van der Waals surface area contributed by atoms with Gasteiger partial charge in [-0.3, -0.25) is 0 Å². The fourth-order valence-corrected chi connectivity index (χ4v) is 3.74. The van der Waals surface area contributed by atoms with E-state index in [1.165, 1.54) is 12.1 Å². The van der Waals surface area contributed by atoms with E-state index in [-0.39, 0.29) is 17.4 Å². The number of benzene rings is 1. The van der Waals surface area contributed by atoms with Crippen molar-refractivity contribution < 1.29 is 4.39 Å². The standard InChI is InChI=1S/C20H22FN5/c1-12-8-14(10-20(2,3)26-12)24-19-22-7-6-17(25-19)16-11-23-18-9-13(21)4-5-15(16)18/h4-7,9,11,14,23,26H,1,8,10H2,2-3H3,(H,22,24,25). The molecule has 3 heterocycles. The van der Waals surface area contributed by atoms with Crippen LogP contribution in [0.25, 0.3) is 22.2 Å². The van der Waals surface area contributed by atoms with Crippen LogP contribution in [-0.2, 0) is 0 Å². The van der Waals surface area contributed by atoms with Crippen LogP contribution in [0.2, 0.25) is 0 Å². The van der Waals surface area contributed by atoms with Crippen LogP contribution < -0.4 is 10.6 Å². The lowest BCUT2D eigenvalue weighted by atomic mass is 9.88. The van der Waals surface area contributed by atoms with E-state index in [2.05, 4.69) is 46.0 Å². The highest BCUT2D eigenvalue weighted by molar-refractivity contribution is 5.94. The lowest BCUT2D eigenvalue weighted by Gasteiger charge is -2.38. The molecule has 1 aromatic carbocycles. The lowest BCUT2D eigenvalue weighted by molar-refractivity contribution is 0.324. The van der Waals surface area contributed by atoms with Crippen LogP contribution in [0.15, 0.2) is 48.9 Å². The first-order valence-corrected chi connectivity index (χ1v) is 8.72. The summed E-state index contributed by atoms with van der Waals surface area (Å²) in [7, 11) is 0. The molecule has 0 amide bonds. The molecular formula is C20H22FN5. The van der Waals surface area contributed by atoms with Gasteiger partial charge < -0.3 is 15.6 Å². The third-order valence-corrected chi connectivity index (χ3v) is 4.67. The summed E-state index contributed by atoms with van der Waals surface area (Å²) >= 11 is 0. The quantitative estimate of drug-likeness (QED) is 0.661. The molecule has 1 fully saturated rings. The van der Waals surface area contributed by atoms with E-state index in [4.69, 9.17) is 0 Å². The third-order valence-electron chi connectivity index (χ3n) is 4.67. The average Bonchev–Trinajstić information content (AvgIpc) is 2.96. The summed E-state index contributed by atoms with van der Waals surface area (Å²) < 4.78 is 13.4. The van der Waals surface area contributed by atoms with Crippen molar-refractivity contribution in [2.24, 2.45) is 0 Å². The molecule has 3 aromatic rings. The summed E-state index contributed by atoms with van der Waals surface area (Å²) in [4.78, 5) is 12.1. The molecule has 0 aliphatic carbocycles. The van der Waals surface area contributed by atoms with Gasteiger partial charge in [0.05, 0.1) is 5.69 Å². The van der Waals surface area contributed by atoms with Crippen molar-refractivity contribution >= 4 is 16.9 Å². The van der Waals surface area contributed by atoms with Gasteiger partial charge in [-0.2, -0.15) is 0 Å². The molecule has 0 radical (unpaired) electrons. The van der Waals surface area contributed by atoms with Gasteiger partial charge in [0.1, 0.15) is 5.82 Å². The summed E-state index contributed by atoms with van der Waals surface area (Å²) in [5.41, 5.74) is 3.50. The van der Waals surface area contributed by atoms with Crippen LogP contribution >= 0.6 is 0 Å². The number of hydrogen-bond donors (Lipinski definition) is 3. The average molecular weight is 351 g/mol. The second kappa shape index (κ2) is 6.12. The van der Waals surface area contributed by atoms with E-state index in [1.807, 2.05) is 12.3 Å². The highest BCUT2D eigenvalue weighted by atomic mass is 19.1. The maximum Gasteiger partial charge on any atom is 0.223 e. The Morgan fingerprint density at radius 1 is 1.31 bits per heavy atom. The molecule has 1 atom stereocenters. The zero-order valence-corrected chi connectivity index (χ0v) is 14.9. The van der Waals surface area contributed by atoms with Crippen LogP contribution in [0.5, 0.6) is 0 Å². The van der Waals surface area contributed by atoms with Gasteiger partial charge in [0, 0.05) is 52.6 Å². The molecule has 134 valence electrons. The number of fused-ring (bicyclic) bond motifs is 1. The predicted octanol–water partition coefficient (Wildman–Crippen LogP) is 4.22. The monoisotopic (exact) mass is 351 g/mol. The summed E-state index contributed by atoms with van der Waals surface area (Å²) in [5, 5.41) is 7.79. The summed E-state index contributed by atoms with van der Waals surface area (Å²) in [6.07, 6.45) is 5.38. The molecular weight excluding hydrogens is 329 g/mol. The minimum atomic E-state index is -0.260. The Morgan fingerprint density at radius 3 is 2.96 bits per heavy atom. The number of nitrogens with zero attached hydrogens (tertiary/aromatic N) is 2. The number of piperidine rings is 1. The zero-order chi connectivity index (χ0) is 18.3. The molecule has 5 nitrogen and oxygen atoms in total. The topological polar surface area (TPSA) is 65.6 Å². The Kier molecular flexibility index (Phi) is 3.90. The predicted molar refractivity (Wildman–Crippen MR) is 102 cm³/mol. The highest BCUT2D eigenvalue weighted by Crippen LogP contribution is 2.29. The van der Waals surface area contributed by atoms with Gasteiger partial charge in [-0.05, 0) is 44.5 Å². The van der Waals surface area contributed by atoms with Crippen molar-refractivity contribution in [3.63, 3.8) is 0 Å². The molecule has 0 saturated carbocycles. The molecule has 4 rings (SSSR count). The Morgan fingerprint density at radius 2 is 2.15 bits per heavy atom. The first-order valence-electron chi connectivity index (χ1n) is 8.72. The van der Waals surface area contributed by atoms with Crippen molar-refractivity contribution in [1.82, 2.24) is 20.3 Å². The molecule has 2 aromatic heterocycles. The fraction of sp³-hybridized carbons (Fsp3) is 0.300. The molecule has 1 aliphatic rings. The fourth-order valence-electron chi connectivity index (χ4n) is 3.74. The highest BCUT2D eigenvalue weighted by Gasteiger charge is 2.29. The number of hydrogen-bond acceptors (Lipinski definition) is 4. The van der Waals surface area contributed by atoms with E-state index in [0.29, 0.717) is 5.95 Å². The number of H-pyrrole nitrogens is 1. The third kappa shape index (κ3) is 3.27. The molecule has 1 saturated heterocycles. The molecule has 1 aliphatic heterocycles.